The number of sulfonamides is 1. The van der Waals surface area contributed by atoms with Crippen molar-refractivity contribution < 1.29 is 12.8 Å². The zero-order valence-electron chi connectivity index (χ0n) is 14.0. The van der Waals surface area contributed by atoms with Crippen molar-refractivity contribution >= 4 is 32.5 Å². The first-order valence-electron chi connectivity index (χ1n) is 8.47. The van der Waals surface area contributed by atoms with Crippen LogP contribution in [0.15, 0.2) is 53.6 Å². The fourth-order valence-corrected chi connectivity index (χ4v) is 5.41. The average Bonchev–Trinajstić information content (AvgIpc) is 3.05. The van der Waals surface area contributed by atoms with Crippen molar-refractivity contribution in [1.29, 1.82) is 0 Å². The largest absolute Gasteiger partial charge is 0.361 e. The van der Waals surface area contributed by atoms with Crippen molar-refractivity contribution in [3.8, 4) is 0 Å². The molecule has 0 spiro atoms. The molecular formula is C19H18ClFN2O2S. The van der Waals surface area contributed by atoms with E-state index in [9.17, 15) is 12.8 Å². The fourth-order valence-electron chi connectivity index (χ4n) is 3.64. The predicted molar refractivity (Wildman–Crippen MR) is 100 cm³/mol. The second-order valence-electron chi connectivity index (χ2n) is 6.57. The Bertz CT molecular complexity index is 1060. The fraction of sp³-hybridized carbons (Fsp3) is 0.263. The molecule has 2 aromatic carbocycles. The Kier molecular flexibility index (Phi) is 4.50. The summed E-state index contributed by atoms with van der Waals surface area (Å²) in [5.74, 6) is -0.0596. The summed E-state index contributed by atoms with van der Waals surface area (Å²) in [6, 6.07) is 11.0. The molecule has 1 fully saturated rings. The predicted octanol–water partition coefficient (Wildman–Crippen LogP) is 4.53. The summed E-state index contributed by atoms with van der Waals surface area (Å²) in [6.07, 6.45) is 3.31. The van der Waals surface area contributed by atoms with E-state index < -0.39 is 10.0 Å². The molecule has 2 heterocycles. The van der Waals surface area contributed by atoms with Crippen LogP contribution in [0, 0.1) is 5.82 Å². The molecule has 0 atom stereocenters. The van der Waals surface area contributed by atoms with Crippen molar-refractivity contribution in [3.63, 3.8) is 0 Å². The first kappa shape index (κ1) is 17.5. The normalized spacial score (nSPS) is 17.0. The lowest BCUT2D eigenvalue weighted by Crippen LogP contribution is -2.37. The Balaban J connectivity index is 1.54. The van der Waals surface area contributed by atoms with Gasteiger partial charge in [0.15, 0.2) is 0 Å². The smallest absolute Gasteiger partial charge is 0.243 e. The third kappa shape index (κ3) is 3.13. The molecule has 26 heavy (non-hydrogen) atoms. The summed E-state index contributed by atoms with van der Waals surface area (Å²) in [5.41, 5.74) is 1.95. The molecule has 1 aliphatic heterocycles. The minimum atomic E-state index is -3.54. The van der Waals surface area contributed by atoms with Crippen LogP contribution in [0.2, 0.25) is 5.02 Å². The Morgan fingerprint density at radius 3 is 2.62 bits per heavy atom. The lowest BCUT2D eigenvalue weighted by molar-refractivity contribution is 0.320. The maximum atomic E-state index is 13.6. The van der Waals surface area contributed by atoms with Gasteiger partial charge in [0, 0.05) is 35.2 Å². The van der Waals surface area contributed by atoms with Crippen molar-refractivity contribution in [2.75, 3.05) is 13.1 Å². The molecule has 1 saturated heterocycles. The molecule has 3 aromatic rings. The Morgan fingerprint density at radius 1 is 1.12 bits per heavy atom. The van der Waals surface area contributed by atoms with Gasteiger partial charge in [-0.2, -0.15) is 4.31 Å². The summed E-state index contributed by atoms with van der Waals surface area (Å²) in [5, 5.41) is 1.28. The molecule has 1 aromatic heterocycles. The average molecular weight is 393 g/mol. The third-order valence-electron chi connectivity index (χ3n) is 5.00. The van der Waals surface area contributed by atoms with E-state index in [4.69, 9.17) is 11.6 Å². The number of aromatic amines is 1. The van der Waals surface area contributed by atoms with Crippen LogP contribution in [0.5, 0.6) is 0 Å². The van der Waals surface area contributed by atoms with E-state index in [1.165, 1.54) is 22.5 Å². The molecule has 1 N–H and O–H groups in total. The SMILES string of the molecule is O=S(=O)(c1cccc(Cl)c1)N1CCC(c2c[nH]c3ccc(F)cc23)CC1. The standard InChI is InChI=1S/C19H18ClFN2O2S/c20-14-2-1-3-16(10-14)26(24,25)23-8-6-13(7-9-23)18-12-22-19-5-4-15(21)11-17(18)19/h1-5,10-13,22H,6-9H2. The summed E-state index contributed by atoms with van der Waals surface area (Å²) >= 11 is 5.93. The van der Waals surface area contributed by atoms with E-state index in [1.807, 2.05) is 6.20 Å². The van der Waals surface area contributed by atoms with Gasteiger partial charge in [-0.15, -0.1) is 0 Å². The zero-order valence-corrected chi connectivity index (χ0v) is 15.5. The number of rotatable bonds is 3. The molecule has 0 saturated carbocycles. The highest BCUT2D eigenvalue weighted by molar-refractivity contribution is 7.89. The van der Waals surface area contributed by atoms with Gasteiger partial charge >= 0.3 is 0 Å². The van der Waals surface area contributed by atoms with Crippen molar-refractivity contribution in [3.05, 3.63) is 65.1 Å². The number of halogens is 2. The number of hydrogen-bond acceptors (Lipinski definition) is 2. The van der Waals surface area contributed by atoms with Crippen molar-refractivity contribution in [2.24, 2.45) is 0 Å². The Hall–Kier alpha value is -1.89. The Labute approximate surface area is 156 Å². The minimum absolute atomic E-state index is 0.205. The van der Waals surface area contributed by atoms with Crippen LogP contribution in [-0.2, 0) is 10.0 Å². The number of nitrogens with zero attached hydrogens (tertiary/aromatic N) is 1. The van der Waals surface area contributed by atoms with Gasteiger partial charge in [-0.3, -0.25) is 0 Å². The first-order chi connectivity index (χ1) is 12.4. The van der Waals surface area contributed by atoms with Gasteiger partial charge in [-0.1, -0.05) is 17.7 Å². The van der Waals surface area contributed by atoms with Crippen LogP contribution in [0.1, 0.15) is 24.3 Å². The number of benzene rings is 2. The van der Waals surface area contributed by atoms with Gasteiger partial charge in [0.25, 0.3) is 0 Å². The number of aromatic nitrogens is 1. The molecule has 4 nitrogen and oxygen atoms in total. The molecule has 0 bridgehead atoms. The molecule has 7 heteroatoms. The molecule has 0 aliphatic carbocycles. The number of piperidine rings is 1. The number of nitrogens with one attached hydrogen (secondary N) is 1. The topological polar surface area (TPSA) is 53.2 Å². The highest BCUT2D eigenvalue weighted by Crippen LogP contribution is 2.35. The number of hydrogen-bond donors (Lipinski definition) is 1. The minimum Gasteiger partial charge on any atom is -0.361 e. The molecule has 136 valence electrons. The van der Waals surface area contributed by atoms with E-state index in [0.717, 1.165) is 16.5 Å². The quantitative estimate of drug-likeness (QED) is 0.712. The molecular weight excluding hydrogens is 375 g/mol. The van der Waals surface area contributed by atoms with Gasteiger partial charge in [-0.25, -0.2) is 12.8 Å². The van der Waals surface area contributed by atoms with Gasteiger partial charge in [0.1, 0.15) is 5.82 Å². The first-order valence-corrected chi connectivity index (χ1v) is 10.3. The summed E-state index contributed by atoms with van der Waals surface area (Å²) in [4.78, 5) is 3.39. The van der Waals surface area contributed by atoms with E-state index in [-0.39, 0.29) is 16.6 Å². The van der Waals surface area contributed by atoms with Crippen LogP contribution < -0.4 is 0 Å². The van der Waals surface area contributed by atoms with Crippen LogP contribution in [0.25, 0.3) is 10.9 Å². The van der Waals surface area contributed by atoms with Gasteiger partial charge in [-0.05, 0) is 60.7 Å². The molecule has 0 radical (unpaired) electrons. The van der Waals surface area contributed by atoms with Crippen LogP contribution in [0.4, 0.5) is 4.39 Å². The van der Waals surface area contributed by atoms with Gasteiger partial charge in [0.2, 0.25) is 10.0 Å². The van der Waals surface area contributed by atoms with E-state index in [0.29, 0.717) is 31.0 Å². The lowest BCUT2D eigenvalue weighted by Gasteiger charge is -2.31. The number of H-pyrrole nitrogens is 1. The van der Waals surface area contributed by atoms with E-state index in [1.54, 1.807) is 24.3 Å². The van der Waals surface area contributed by atoms with E-state index in [2.05, 4.69) is 4.98 Å². The van der Waals surface area contributed by atoms with Crippen molar-refractivity contribution in [1.82, 2.24) is 9.29 Å². The summed E-state index contributed by atoms with van der Waals surface area (Å²) in [7, 11) is -3.54. The molecule has 0 unspecified atom stereocenters. The highest BCUT2D eigenvalue weighted by atomic mass is 35.5. The van der Waals surface area contributed by atoms with Crippen LogP contribution >= 0.6 is 11.6 Å². The second kappa shape index (κ2) is 6.68. The van der Waals surface area contributed by atoms with Crippen LogP contribution in [-0.4, -0.2) is 30.8 Å². The molecule has 1 aliphatic rings. The monoisotopic (exact) mass is 392 g/mol. The summed E-state index contributed by atoms with van der Waals surface area (Å²) in [6.45, 7) is 0.864. The van der Waals surface area contributed by atoms with Gasteiger partial charge in [0.05, 0.1) is 4.90 Å². The molecule has 0 amide bonds. The third-order valence-corrected chi connectivity index (χ3v) is 7.13. The second-order valence-corrected chi connectivity index (χ2v) is 8.94. The van der Waals surface area contributed by atoms with Crippen molar-refractivity contribution in [2.45, 2.75) is 23.7 Å². The zero-order chi connectivity index (χ0) is 18.3. The van der Waals surface area contributed by atoms with E-state index >= 15 is 0 Å². The van der Waals surface area contributed by atoms with Crippen LogP contribution in [0.3, 0.4) is 0 Å². The summed E-state index contributed by atoms with van der Waals surface area (Å²) < 4.78 is 40.7. The highest BCUT2D eigenvalue weighted by Gasteiger charge is 2.30. The maximum Gasteiger partial charge on any atom is 0.243 e. The number of fused-ring (bicyclic) bond motifs is 1. The maximum absolute atomic E-state index is 13.6. The molecule has 4 rings (SSSR count). The Morgan fingerprint density at radius 2 is 1.88 bits per heavy atom. The van der Waals surface area contributed by atoms with Gasteiger partial charge < -0.3 is 4.98 Å². The lowest BCUT2D eigenvalue weighted by atomic mass is 9.90.